The number of aryl methyl sites for hydroxylation is 1. The van der Waals surface area contributed by atoms with Crippen molar-refractivity contribution in [3.8, 4) is 11.1 Å². The smallest absolute Gasteiger partial charge is 0.341 e. The molecule has 0 fully saturated rings. The summed E-state index contributed by atoms with van der Waals surface area (Å²) in [4.78, 5) is 13.5. The van der Waals surface area contributed by atoms with Crippen LogP contribution >= 0.6 is 35.2 Å². The van der Waals surface area contributed by atoms with Gasteiger partial charge in [-0.25, -0.2) is 4.79 Å². The lowest BCUT2D eigenvalue weighted by Gasteiger charge is -2.13. The summed E-state index contributed by atoms with van der Waals surface area (Å²) in [7, 11) is 1.37. The molecule has 0 unspecified atom stereocenters. The number of rotatable bonds is 4. The van der Waals surface area contributed by atoms with Crippen LogP contribution in [0.1, 0.15) is 20.8 Å². The fourth-order valence-corrected chi connectivity index (χ4v) is 4.40. The third kappa shape index (κ3) is 4.19. The van der Waals surface area contributed by atoms with Gasteiger partial charge in [-0.15, -0.1) is 11.3 Å². The van der Waals surface area contributed by atoms with E-state index in [1.54, 1.807) is 0 Å². The van der Waals surface area contributed by atoms with E-state index in [4.69, 9.17) is 28.6 Å². The van der Waals surface area contributed by atoms with Crippen LogP contribution in [-0.4, -0.2) is 18.2 Å². The molecule has 0 spiro atoms. The molecule has 2 aromatic carbocycles. The topological polar surface area (TPSA) is 50.4 Å². The van der Waals surface area contributed by atoms with Crippen molar-refractivity contribution in [3.63, 3.8) is 0 Å². The van der Waals surface area contributed by atoms with Crippen molar-refractivity contribution in [1.82, 2.24) is 0 Å². The summed E-state index contributed by atoms with van der Waals surface area (Å²) in [5.41, 5.74) is 3.98. The SMILES string of the molecule is COC(=O)c1c(NC(=S)Nc2cccc(Cl)c2C)sc(C)c1-c1ccccc1. The van der Waals surface area contributed by atoms with Gasteiger partial charge in [-0.1, -0.05) is 48.0 Å². The van der Waals surface area contributed by atoms with Crippen LogP contribution < -0.4 is 10.6 Å². The van der Waals surface area contributed by atoms with Gasteiger partial charge in [-0.2, -0.15) is 0 Å². The molecular weight excluding hydrogens is 412 g/mol. The monoisotopic (exact) mass is 430 g/mol. The average Bonchev–Trinajstić information content (AvgIpc) is 3.01. The van der Waals surface area contributed by atoms with Gasteiger partial charge in [-0.05, 0) is 49.3 Å². The maximum Gasteiger partial charge on any atom is 0.341 e. The van der Waals surface area contributed by atoms with Crippen molar-refractivity contribution in [2.45, 2.75) is 13.8 Å². The minimum Gasteiger partial charge on any atom is -0.465 e. The van der Waals surface area contributed by atoms with Gasteiger partial charge in [0, 0.05) is 21.2 Å². The van der Waals surface area contributed by atoms with Gasteiger partial charge < -0.3 is 15.4 Å². The van der Waals surface area contributed by atoms with Crippen molar-refractivity contribution >= 4 is 56.9 Å². The summed E-state index contributed by atoms with van der Waals surface area (Å²) in [5.74, 6) is -0.410. The van der Waals surface area contributed by atoms with Gasteiger partial charge in [0.15, 0.2) is 5.11 Å². The Morgan fingerprint density at radius 2 is 1.79 bits per heavy atom. The number of nitrogens with one attached hydrogen (secondary N) is 2. The Bertz CT molecular complexity index is 1030. The lowest BCUT2D eigenvalue weighted by molar-refractivity contribution is 0.0603. The van der Waals surface area contributed by atoms with E-state index in [1.807, 2.05) is 62.4 Å². The molecule has 0 saturated heterocycles. The van der Waals surface area contributed by atoms with Crippen LogP contribution in [0.4, 0.5) is 10.7 Å². The molecule has 1 aromatic heterocycles. The van der Waals surface area contributed by atoms with Crippen LogP contribution in [0.2, 0.25) is 5.02 Å². The Labute approximate surface area is 178 Å². The maximum absolute atomic E-state index is 12.5. The quantitative estimate of drug-likeness (QED) is 0.376. The van der Waals surface area contributed by atoms with Gasteiger partial charge in [0.1, 0.15) is 10.6 Å². The summed E-state index contributed by atoms with van der Waals surface area (Å²) in [6.07, 6.45) is 0. The zero-order chi connectivity index (χ0) is 20.3. The summed E-state index contributed by atoms with van der Waals surface area (Å²) in [6.45, 7) is 3.89. The van der Waals surface area contributed by atoms with Gasteiger partial charge in [0.05, 0.1) is 7.11 Å². The molecule has 0 aliphatic heterocycles. The molecule has 0 atom stereocenters. The molecule has 3 rings (SSSR count). The van der Waals surface area contributed by atoms with E-state index in [0.717, 1.165) is 27.3 Å². The molecule has 1 heterocycles. The molecule has 28 heavy (non-hydrogen) atoms. The van der Waals surface area contributed by atoms with Crippen LogP contribution in [-0.2, 0) is 4.74 Å². The fourth-order valence-electron chi connectivity index (χ4n) is 2.88. The van der Waals surface area contributed by atoms with Crippen LogP contribution in [0.3, 0.4) is 0 Å². The number of halogens is 1. The first-order chi connectivity index (χ1) is 13.4. The lowest BCUT2D eigenvalue weighted by atomic mass is 10.0. The van der Waals surface area contributed by atoms with Crippen molar-refractivity contribution in [2.24, 2.45) is 0 Å². The predicted octanol–water partition coefficient (Wildman–Crippen LogP) is 6.28. The number of thiophene rings is 1. The van der Waals surface area contributed by atoms with Gasteiger partial charge in [0.25, 0.3) is 0 Å². The minimum atomic E-state index is -0.410. The van der Waals surface area contributed by atoms with Gasteiger partial charge >= 0.3 is 5.97 Å². The number of hydrogen-bond donors (Lipinski definition) is 2. The standard InChI is InChI=1S/C21H19ClN2O2S2/c1-12-15(22)10-7-11-16(12)23-21(27)24-19-18(20(25)26-3)17(13(2)28-19)14-8-5-4-6-9-14/h4-11H,1-3H3,(H2,23,24,27). The Balaban J connectivity index is 1.95. The number of thiocarbonyl (C=S) groups is 1. The van der Waals surface area contributed by atoms with Crippen molar-refractivity contribution in [1.29, 1.82) is 0 Å². The largest absolute Gasteiger partial charge is 0.465 e. The first-order valence-electron chi connectivity index (χ1n) is 8.52. The van der Waals surface area contributed by atoms with Gasteiger partial charge in [-0.3, -0.25) is 0 Å². The highest BCUT2D eigenvalue weighted by molar-refractivity contribution is 7.80. The number of carbonyl (C=O) groups is 1. The molecule has 0 amide bonds. The van der Waals surface area contributed by atoms with Crippen LogP contribution in [0.25, 0.3) is 11.1 Å². The average molecular weight is 431 g/mol. The number of benzene rings is 2. The molecule has 7 heteroatoms. The number of hydrogen-bond acceptors (Lipinski definition) is 4. The molecule has 3 aromatic rings. The fraction of sp³-hybridized carbons (Fsp3) is 0.143. The van der Waals surface area contributed by atoms with Gasteiger partial charge in [0.2, 0.25) is 0 Å². The first-order valence-corrected chi connectivity index (χ1v) is 10.1. The summed E-state index contributed by atoms with van der Waals surface area (Å²) < 4.78 is 5.03. The van der Waals surface area contributed by atoms with Crippen LogP contribution in [0, 0.1) is 13.8 Å². The Kier molecular flexibility index (Phi) is 6.34. The highest BCUT2D eigenvalue weighted by Gasteiger charge is 2.24. The Morgan fingerprint density at radius 1 is 1.07 bits per heavy atom. The van der Waals surface area contributed by atoms with E-state index in [2.05, 4.69) is 10.6 Å². The minimum absolute atomic E-state index is 0.372. The van der Waals surface area contributed by atoms with Crippen LogP contribution in [0.15, 0.2) is 48.5 Å². The van der Waals surface area contributed by atoms with E-state index >= 15 is 0 Å². The zero-order valence-electron chi connectivity index (χ0n) is 15.6. The molecule has 0 aliphatic carbocycles. The Morgan fingerprint density at radius 3 is 2.46 bits per heavy atom. The van der Waals surface area contributed by atoms with E-state index < -0.39 is 5.97 Å². The molecule has 0 bridgehead atoms. The molecule has 0 aliphatic rings. The highest BCUT2D eigenvalue weighted by Crippen LogP contribution is 2.40. The van der Waals surface area contributed by atoms with E-state index in [9.17, 15) is 4.79 Å². The molecule has 144 valence electrons. The third-order valence-electron chi connectivity index (χ3n) is 4.28. The number of carbonyl (C=O) groups excluding carboxylic acids is 1. The number of methoxy groups -OCH3 is 1. The molecular formula is C21H19ClN2O2S2. The molecule has 4 nitrogen and oxygen atoms in total. The van der Waals surface area contributed by atoms with Crippen molar-refractivity contribution < 1.29 is 9.53 Å². The van der Waals surface area contributed by atoms with Crippen molar-refractivity contribution in [2.75, 3.05) is 17.7 Å². The van der Waals surface area contributed by atoms with E-state index in [0.29, 0.717) is 20.7 Å². The van der Waals surface area contributed by atoms with E-state index in [-0.39, 0.29) is 0 Å². The second kappa shape index (κ2) is 8.73. The summed E-state index contributed by atoms with van der Waals surface area (Å²) >= 11 is 13.1. The number of ether oxygens (including phenoxy) is 1. The maximum atomic E-state index is 12.5. The predicted molar refractivity (Wildman–Crippen MR) is 122 cm³/mol. The first kappa shape index (κ1) is 20.3. The lowest BCUT2D eigenvalue weighted by Crippen LogP contribution is -2.20. The number of esters is 1. The second-order valence-corrected chi connectivity index (χ2v) is 8.13. The molecule has 2 N–H and O–H groups in total. The third-order valence-corrected chi connectivity index (χ3v) is 5.91. The van der Waals surface area contributed by atoms with Crippen molar-refractivity contribution in [3.05, 3.63) is 69.6 Å². The molecule has 0 saturated carbocycles. The normalized spacial score (nSPS) is 10.4. The molecule has 0 radical (unpaired) electrons. The summed E-state index contributed by atoms with van der Waals surface area (Å²) in [5, 5.41) is 7.95. The Hall–Kier alpha value is -2.41. The second-order valence-electron chi connectivity index (χ2n) is 6.09. The zero-order valence-corrected chi connectivity index (χ0v) is 18.0. The van der Waals surface area contributed by atoms with Crippen LogP contribution in [0.5, 0.6) is 0 Å². The summed E-state index contributed by atoms with van der Waals surface area (Å²) in [6, 6.07) is 15.3. The number of anilines is 2. The van der Waals surface area contributed by atoms with E-state index in [1.165, 1.54) is 18.4 Å². The highest BCUT2D eigenvalue weighted by atomic mass is 35.5.